The molecule has 1 aromatic rings. The number of nitrogens with one attached hydrogen (secondary N) is 1. The SMILES string of the molecule is CCC(C)Cc1ccc(C(=O)NCCOC)cc1. The summed E-state index contributed by atoms with van der Waals surface area (Å²) >= 11 is 0. The topological polar surface area (TPSA) is 38.3 Å². The first-order valence-electron chi connectivity index (χ1n) is 6.53. The third-order valence-electron chi connectivity index (χ3n) is 3.09. The van der Waals surface area contributed by atoms with E-state index in [0.29, 0.717) is 24.6 Å². The molecule has 0 bridgehead atoms. The maximum absolute atomic E-state index is 11.7. The zero-order valence-electron chi connectivity index (χ0n) is 11.5. The van der Waals surface area contributed by atoms with Crippen molar-refractivity contribution in [3.05, 3.63) is 35.4 Å². The average molecular weight is 249 g/mol. The lowest BCUT2D eigenvalue weighted by Crippen LogP contribution is -2.26. The first-order chi connectivity index (χ1) is 8.67. The monoisotopic (exact) mass is 249 g/mol. The fourth-order valence-electron chi connectivity index (χ4n) is 1.71. The molecule has 18 heavy (non-hydrogen) atoms. The standard InChI is InChI=1S/C15H23NO2/c1-4-12(2)11-13-5-7-14(8-6-13)15(17)16-9-10-18-3/h5-8,12H,4,9-11H2,1-3H3,(H,16,17). The van der Waals surface area contributed by atoms with Crippen molar-refractivity contribution in [1.82, 2.24) is 5.32 Å². The van der Waals surface area contributed by atoms with Gasteiger partial charge in [-0.25, -0.2) is 0 Å². The molecule has 3 heteroatoms. The molecular formula is C15H23NO2. The van der Waals surface area contributed by atoms with Crippen LogP contribution in [0.1, 0.15) is 36.2 Å². The Bertz CT molecular complexity index is 359. The van der Waals surface area contributed by atoms with Crippen molar-refractivity contribution in [2.45, 2.75) is 26.7 Å². The molecule has 1 aromatic carbocycles. The molecular weight excluding hydrogens is 226 g/mol. The van der Waals surface area contributed by atoms with Crippen LogP contribution in [0.25, 0.3) is 0 Å². The average Bonchev–Trinajstić information content (AvgIpc) is 2.39. The highest BCUT2D eigenvalue weighted by Crippen LogP contribution is 2.12. The molecule has 0 aliphatic carbocycles. The van der Waals surface area contributed by atoms with Crippen LogP contribution in [0.5, 0.6) is 0 Å². The van der Waals surface area contributed by atoms with Crippen molar-refractivity contribution in [3.63, 3.8) is 0 Å². The second-order valence-corrected chi connectivity index (χ2v) is 4.66. The van der Waals surface area contributed by atoms with E-state index in [-0.39, 0.29) is 5.91 Å². The number of hydrogen-bond acceptors (Lipinski definition) is 2. The summed E-state index contributed by atoms with van der Waals surface area (Å²) in [5.74, 6) is 0.647. The van der Waals surface area contributed by atoms with Gasteiger partial charge in [-0.15, -0.1) is 0 Å². The van der Waals surface area contributed by atoms with Crippen LogP contribution in [0.4, 0.5) is 0 Å². The number of rotatable bonds is 7. The van der Waals surface area contributed by atoms with Gasteiger partial charge in [0.05, 0.1) is 6.61 Å². The maximum atomic E-state index is 11.7. The van der Waals surface area contributed by atoms with Crippen molar-refractivity contribution >= 4 is 5.91 Å². The molecule has 0 aliphatic rings. The van der Waals surface area contributed by atoms with Crippen LogP contribution in [0.15, 0.2) is 24.3 Å². The molecule has 1 amide bonds. The number of methoxy groups -OCH3 is 1. The summed E-state index contributed by atoms with van der Waals surface area (Å²) in [4.78, 5) is 11.7. The van der Waals surface area contributed by atoms with Gasteiger partial charge in [0, 0.05) is 19.2 Å². The van der Waals surface area contributed by atoms with Crippen molar-refractivity contribution in [3.8, 4) is 0 Å². The molecule has 1 rings (SSSR count). The van der Waals surface area contributed by atoms with Crippen LogP contribution in [-0.4, -0.2) is 26.2 Å². The van der Waals surface area contributed by atoms with Crippen molar-refractivity contribution in [1.29, 1.82) is 0 Å². The van der Waals surface area contributed by atoms with Gasteiger partial charge in [-0.3, -0.25) is 4.79 Å². The zero-order valence-corrected chi connectivity index (χ0v) is 11.5. The minimum atomic E-state index is -0.0397. The smallest absolute Gasteiger partial charge is 0.251 e. The number of hydrogen-bond donors (Lipinski definition) is 1. The van der Waals surface area contributed by atoms with Gasteiger partial charge in [-0.1, -0.05) is 32.4 Å². The Kier molecular flexibility index (Phi) is 6.44. The van der Waals surface area contributed by atoms with Crippen LogP contribution < -0.4 is 5.32 Å². The van der Waals surface area contributed by atoms with Crippen LogP contribution in [-0.2, 0) is 11.2 Å². The molecule has 100 valence electrons. The summed E-state index contributed by atoms with van der Waals surface area (Å²) in [6.45, 7) is 5.52. The fraction of sp³-hybridized carbons (Fsp3) is 0.533. The lowest BCUT2D eigenvalue weighted by atomic mass is 9.98. The first kappa shape index (κ1) is 14.7. The Morgan fingerprint density at radius 3 is 2.56 bits per heavy atom. The molecule has 1 N–H and O–H groups in total. The van der Waals surface area contributed by atoms with Gasteiger partial charge < -0.3 is 10.1 Å². The fourth-order valence-corrected chi connectivity index (χ4v) is 1.71. The predicted molar refractivity (Wildman–Crippen MR) is 73.8 cm³/mol. The molecule has 0 saturated carbocycles. The molecule has 1 atom stereocenters. The number of ether oxygens (including phenoxy) is 1. The van der Waals surface area contributed by atoms with E-state index in [1.807, 2.05) is 24.3 Å². The van der Waals surface area contributed by atoms with Gasteiger partial charge in [0.25, 0.3) is 5.91 Å². The number of benzene rings is 1. The molecule has 0 saturated heterocycles. The maximum Gasteiger partial charge on any atom is 0.251 e. The number of carbonyl (C=O) groups excluding carboxylic acids is 1. The second-order valence-electron chi connectivity index (χ2n) is 4.66. The molecule has 0 spiro atoms. The highest BCUT2D eigenvalue weighted by atomic mass is 16.5. The van der Waals surface area contributed by atoms with Crippen LogP contribution >= 0.6 is 0 Å². The summed E-state index contributed by atoms with van der Waals surface area (Å²) in [6, 6.07) is 7.86. The van der Waals surface area contributed by atoms with Gasteiger partial charge in [-0.05, 0) is 30.0 Å². The quantitative estimate of drug-likeness (QED) is 0.754. The summed E-state index contributed by atoms with van der Waals surface area (Å²) in [6.07, 6.45) is 2.25. The number of carbonyl (C=O) groups is 1. The second kappa shape index (κ2) is 7.88. The van der Waals surface area contributed by atoms with Crippen LogP contribution in [0.3, 0.4) is 0 Å². The number of amides is 1. The lowest BCUT2D eigenvalue weighted by Gasteiger charge is -2.09. The van der Waals surface area contributed by atoms with E-state index in [1.54, 1.807) is 7.11 Å². The summed E-state index contributed by atoms with van der Waals surface area (Å²) < 4.78 is 4.89. The van der Waals surface area contributed by atoms with Crippen LogP contribution in [0.2, 0.25) is 0 Å². The Morgan fingerprint density at radius 2 is 2.00 bits per heavy atom. The van der Waals surface area contributed by atoms with E-state index in [0.717, 1.165) is 6.42 Å². The van der Waals surface area contributed by atoms with E-state index in [1.165, 1.54) is 12.0 Å². The largest absolute Gasteiger partial charge is 0.383 e. The molecule has 1 unspecified atom stereocenters. The van der Waals surface area contributed by atoms with Crippen molar-refractivity contribution in [2.75, 3.05) is 20.3 Å². The van der Waals surface area contributed by atoms with Crippen LogP contribution in [0, 0.1) is 5.92 Å². The summed E-state index contributed by atoms with van der Waals surface area (Å²) in [5, 5.41) is 2.81. The van der Waals surface area contributed by atoms with E-state index in [4.69, 9.17) is 4.74 Å². The molecule has 0 heterocycles. The van der Waals surface area contributed by atoms with E-state index in [9.17, 15) is 4.79 Å². The third-order valence-corrected chi connectivity index (χ3v) is 3.09. The third kappa shape index (κ3) is 4.88. The van der Waals surface area contributed by atoms with Gasteiger partial charge in [0.2, 0.25) is 0 Å². The van der Waals surface area contributed by atoms with Gasteiger partial charge in [-0.2, -0.15) is 0 Å². The normalized spacial score (nSPS) is 12.2. The Balaban J connectivity index is 2.51. The Hall–Kier alpha value is -1.35. The molecule has 3 nitrogen and oxygen atoms in total. The van der Waals surface area contributed by atoms with E-state index >= 15 is 0 Å². The van der Waals surface area contributed by atoms with E-state index < -0.39 is 0 Å². The van der Waals surface area contributed by atoms with Crippen molar-refractivity contribution in [2.24, 2.45) is 5.92 Å². The zero-order chi connectivity index (χ0) is 13.4. The van der Waals surface area contributed by atoms with Gasteiger partial charge in [0.15, 0.2) is 0 Å². The Labute approximate surface area is 110 Å². The molecule has 0 aromatic heterocycles. The minimum Gasteiger partial charge on any atom is -0.383 e. The van der Waals surface area contributed by atoms with E-state index in [2.05, 4.69) is 19.2 Å². The first-order valence-corrected chi connectivity index (χ1v) is 6.53. The van der Waals surface area contributed by atoms with Crippen molar-refractivity contribution < 1.29 is 9.53 Å². The highest BCUT2D eigenvalue weighted by molar-refractivity contribution is 5.94. The Morgan fingerprint density at radius 1 is 1.33 bits per heavy atom. The molecule has 0 radical (unpaired) electrons. The summed E-state index contributed by atoms with van der Waals surface area (Å²) in [7, 11) is 1.62. The summed E-state index contributed by atoms with van der Waals surface area (Å²) in [5.41, 5.74) is 2.00. The molecule has 0 fully saturated rings. The predicted octanol–water partition coefficient (Wildman–Crippen LogP) is 2.65. The molecule has 0 aliphatic heterocycles. The van der Waals surface area contributed by atoms with Gasteiger partial charge >= 0.3 is 0 Å². The van der Waals surface area contributed by atoms with Gasteiger partial charge in [0.1, 0.15) is 0 Å². The highest BCUT2D eigenvalue weighted by Gasteiger charge is 2.05. The lowest BCUT2D eigenvalue weighted by molar-refractivity contribution is 0.0937. The minimum absolute atomic E-state index is 0.0397.